The average Bonchev–Trinajstić information content (AvgIpc) is 2.95. The van der Waals surface area contributed by atoms with Crippen molar-refractivity contribution in [3.63, 3.8) is 0 Å². The van der Waals surface area contributed by atoms with Crippen molar-refractivity contribution in [1.29, 1.82) is 0 Å². The molecule has 1 N–H and O–H groups in total. The van der Waals surface area contributed by atoms with Gasteiger partial charge in [-0.25, -0.2) is 0 Å². The van der Waals surface area contributed by atoms with Crippen molar-refractivity contribution in [3.8, 4) is 11.5 Å². The number of carboxylic acids is 1. The van der Waals surface area contributed by atoms with Crippen LogP contribution in [0.25, 0.3) is 0 Å². The standard InChI is InChI=1S/C19H14F6O3/c20-18(21,22)12-3-6-16(15(9-12)19(23,24)25)28-13-4-5-14-10(7-13)1-2-11(14)8-17(26)27/h3-7,9,11H,1-2,8H2,(H,26,27)/t11-/m0/s1. The molecule has 0 bridgehead atoms. The van der Waals surface area contributed by atoms with E-state index in [-0.39, 0.29) is 24.2 Å². The Labute approximate surface area is 155 Å². The van der Waals surface area contributed by atoms with E-state index in [1.165, 1.54) is 12.1 Å². The van der Waals surface area contributed by atoms with E-state index in [0.717, 1.165) is 11.1 Å². The third-order valence-electron chi connectivity index (χ3n) is 4.58. The zero-order valence-corrected chi connectivity index (χ0v) is 14.2. The van der Waals surface area contributed by atoms with Crippen LogP contribution in [0.4, 0.5) is 26.3 Å². The fourth-order valence-corrected chi connectivity index (χ4v) is 3.31. The van der Waals surface area contributed by atoms with Crippen LogP contribution in [-0.4, -0.2) is 11.1 Å². The Morgan fingerprint density at radius 2 is 1.75 bits per heavy atom. The second-order valence-corrected chi connectivity index (χ2v) is 6.50. The SMILES string of the molecule is O=C(O)C[C@@H]1CCc2cc(Oc3ccc(C(F)(F)F)cc3C(F)(F)F)ccc21. The Morgan fingerprint density at radius 3 is 2.36 bits per heavy atom. The van der Waals surface area contributed by atoms with Gasteiger partial charge in [0.25, 0.3) is 0 Å². The van der Waals surface area contributed by atoms with Gasteiger partial charge in [0.15, 0.2) is 0 Å². The summed E-state index contributed by atoms with van der Waals surface area (Å²) in [6, 6.07) is 5.66. The number of carbonyl (C=O) groups is 1. The average molecular weight is 404 g/mol. The van der Waals surface area contributed by atoms with Gasteiger partial charge in [0.2, 0.25) is 0 Å². The van der Waals surface area contributed by atoms with E-state index in [1.807, 2.05) is 0 Å². The minimum Gasteiger partial charge on any atom is -0.481 e. The lowest BCUT2D eigenvalue weighted by Crippen LogP contribution is -2.12. The highest BCUT2D eigenvalue weighted by atomic mass is 19.4. The quantitative estimate of drug-likeness (QED) is 0.634. The Morgan fingerprint density at radius 1 is 1.04 bits per heavy atom. The predicted molar refractivity (Wildman–Crippen MR) is 86.3 cm³/mol. The van der Waals surface area contributed by atoms with Gasteiger partial charge in [-0.05, 0) is 60.2 Å². The normalized spacial score (nSPS) is 16.7. The van der Waals surface area contributed by atoms with Crippen LogP contribution in [0.15, 0.2) is 36.4 Å². The van der Waals surface area contributed by atoms with Crippen molar-refractivity contribution in [3.05, 3.63) is 58.7 Å². The molecule has 2 aromatic carbocycles. The molecule has 9 heteroatoms. The number of aryl methyl sites for hydroxylation is 1. The molecule has 0 unspecified atom stereocenters. The molecule has 1 aliphatic carbocycles. The van der Waals surface area contributed by atoms with Gasteiger partial charge in [-0.1, -0.05) is 6.07 Å². The molecule has 0 fully saturated rings. The summed E-state index contributed by atoms with van der Waals surface area (Å²) < 4.78 is 83.1. The molecule has 0 saturated heterocycles. The number of hydrogen-bond acceptors (Lipinski definition) is 2. The van der Waals surface area contributed by atoms with E-state index in [1.54, 1.807) is 6.07 Å². The minimum atomic E-state index is -5.03. The fourth-order valence-electron chi connectivity index (χ4n) is 3.31. The molecular formula is C19H14F6O3. The van der Waals surface area contributed by atoms with Gasteiger partial charge in [0.05, 0.1) is 17.5 Å². The molecule has 0 amide bonds. The molecule has 0 heterocycles. The third-order valence-corrected chi connectivity index (χ3v) is 4.58. The number of alkyl halides is 6. The van der Waals surface area contributed by atoms with Crippen molar-refractivity contribution in [1.82, 2.24) is 0 Å². The van der Waals surface area contributed by atoms with Crippen molar-refractivity contribution < 1.29 is 41.0 Å². The lowest BCUT2D eigenvalue weighted by Gasteiger charge is -2.17. The van der Waals surface area contributed by atoms with Crippen molar-refractivity contribution in [2.75, 3.05) is 0 Å². The molecule has 0 aliphatic heterocycles. The molecule has 150 valence electrons. The van der Waals surface area contributed by atoms with Gasteiger partial charge >= 0.3 is 18.3 Å². The maximum absolute atomic E-state index is 13.2. The summed E-state index contributed by atoms with van der Waals surface area (Å²) in [5.74, 6) is -1.82. The predicted octanol–water partition coefficient (Wildman–Crippen LogP) is 6.02. The van der Waals surface area contributed by atoms with Crippen LogP contribution >= 0.6 is 0 Å². The summed E-state index contributed by atoms with van der Waals surface area (Å²) in [4.78, 5) is 10.9. The minimum absolute atomic E-state index is 0.0194. The van der Waals surface area contributed by atoms with Gasteiger partial charge < -0.3 is 9.84 Å². The van der Waals surface area contributed by atoms with Crippen LogP contribution in [0.2, 0.25) is 0 Å². The van der Waals surface area contributed by atoms with Gasteiger partial charge in [-0.15, -0.1) is 0 Å². The lowest BCUT2D eigenvalue weighted by atomic mass is 9.98. The number of halogens is 6. The lowest BCUT2D eigenvalue weighted by molar-refractivity contribution is -0.143. The second-order valence-electron chi connectivity index (χ2n) is 6.50. The summed E-state index contributed by atoms with van der Waals surface area (Å²) in [6.45, 7) is 0. The number of carboxylic acid groups (broad SMARTS) is 1. The second kappa shape index (κ2) is 7.03. The van der Waals surface area contributed by atoms with E-state index < -0.39 is 35.2 Å². The smallest absolute Gasteiger partial charge is 0.420 e. The molecule has 0 radical (unpaired) electrons. The highest BCUT2D eigenvalue weighted by Crippen LogP contribution is 2.43. The van der Waals surface area contributed by atoms with Gasteiger partial charge in [0, 0.05) is 0 Å². The van der Waals surface area contributed by atoms with Gasteiger partial charge in [0.1, 0.15) is 11.5 Å². The first-order valence-corrected chi connectivity index (χ1v) is 8.26. The molecule has 2 aromatic rings. The van der Waals surface area contributed by atoms with Crippen molar-refractivity contribution in [2.24, 2.45) is 0 Å². The van der Waals surface area contributed by atoms with Crippen LogP contribution in [0.3, 0.4) is 0 Å². The maximum atomic E-state index is 13.2. The molecule has 0 spiro atoms. The van der Waals surface area contributed by atoms with Crippen molar-refractivity contribution in [2.45, 2.75) is 37.5 Å². The van der Waals surface area contributed by atoms with E-state index in [2.05, 4.69) is 0 Å². The van der Waals surface area contributed by atoms with Crippen LogP contribution in [0, 0.1) is 0 Å². The largest absolute Gasteiger partial charge is 0.481 e. The summed E-state index contributed by atoms with van der Waals surface area (Å²) in [5.41, 5.74) is -1.40. The molecular weight excluding hydrogens is 390 g/mol. The number of benzene rings is 2. The first-order valence-electron chi connectivity index (χ1n) is 8.26. The highest BCUT2D eigenvalue weighted by Gasteiger charge is 2.39. The monoisotopic (exact) mass is 404 g/mol. The summed E-state index contributed by atoms with van der Waals surface area (Å²) in [6.07, 6.45) is -8.85. The van der Waals surface area contributed by atoms with E-state index >= 15 is 0 Å². The molecule has 28 heavy (non-hydrogen) atoms. The fraction of sp³-hybridized carbons (Fsp3) is 0.316. The Bertz CT molecular complexity index is 902. The molecule has 1 aliphatic rings. The zero-order chi connectivity index (χ0) is 20.7. The van der Waals surface area contributed by atoms with Crippen LogP contribution < -0.4 is 4.74 Å². The molecule has 0 saturated carbocycles. The first-order chi connectivity index (χ1) is 12.9. The van der Waals surface area contributed by atoms with Crippen LogP contribution in [-0.2, 0) is 23.6 Å². The van der Waals surface area contributed by atoms with Crippen LogP contribution in [0.1, 0.15) is 41.0 Å². The number of hydrogen-bond donors (Lipinski definition) is 1. The third kappa shape index (κ3) is 4.23. The number of ether oxygens (including phenoxy) is 1. The van der Waals surface area contributed by atoms with E-state index in [4.69, 9.17) is 9.84 Å². The van der Waals surface area contributed by atoms with Crippen molar-refractivity contribution >= 4 is 5.97 Å². The Balaban J connectivity index is 1.91. The summed E-state index contributed by atoms with van der Waals surface area (Å²) in [7, 11) is 0. The zero-order valence-electron chi connectivity index (χ0n) is 14.2. The molecule has 3 rings (SSSR count). The van der Waals surface area contributed by atoms with Gasteiger partial charge in [-0.3, -0.25) is 4.79 Å². The number of fused-ring (bicyclic) bond motifs is 1. The van der Waals surface area contributed by atoms with E-state index in [9.17, 15) is 31.1 Å². The Hall–Kier alpha value is -2.71. The Kier molecular flexibility index (Phi) is 5.03. The highest BCUT2D eigenvalue weighted by molar-refractivity contribution is 5.68. The topological polar surface area (TPSA) is 46.5 Å². The van der Waals surface area contributed by atoms with E-state index in [0.29, 0.717) is 25.0 Å². The molecule has 0 aromatic heterocycles. The van der Waals surface area contributed by atoms with Gasteiger partial charge in [-0.2, -0.15) is 26.3 Å². The number of aliphatic carboxylic acids is 1. The molecule has 1 atom stereocenters. The summed E-state index contributed by atoms with van der Waals surface area (Å²) in [5, 5.41) is 8.92. The number of rotatable bonds is 4. The summed E-state index contributed by atoms with van der Waals surface area (Å²) >= 11 is 0. The molecule has 3 nitrogen and oxygen atoms in total. The van der Waals surface area contributed by atoms with Crippen LogP contribution in [0.5, 0.6) is 11.5 Å². The maximum Gasteiger partial charge on any atom is 0.420 e. The first kappa shape index (κ1) is 20.0.